The van der Waals surface area contributed by atoms with E-state index in [4.69, 9.17) is 10.2 Å². The van der Waals surface area contributed by atoms with Gasteiger partial charge in [0.15, 0.2) is 0 Å². The standard InChI is InChI=1S/C17H18F19NO3.HI/c18-9(19,6-7(40)5-8(37,1-3-38)2-4-39)11(21,22)13(25,26)15(29,30)14(27,28)12(23,24)10(20,16(31,32)33)17(34,35)36;/h7,38-40H,1-6,37H2;1H. The third-order valence-electron chi connectivity index (χ3n) is 5.70. The first kappa shape index (κ1) is 42.4. The van der Waals surface area contributed by atoms with Gasteiger partial charge in [-0.15, -0.1) is 0 Å². The minimum atomic E-state index is -9.10. The van der Waals surface area contributed by atoms with E-state index in [1.165, 1.54) is 0 Å². The molecule has 0 aromatic rings. The first-order valence-electron chi connectivity index (χ1n) is 10.1. The molecular weight excluding hydrogens is 754 g/mol. The smallest absolute Gasteiger partial charge is 0.438 e. The zero-order chi connectivity index (χ0) is 32.8. The van der Waals surface area contributed by atoms with E-state index in [1.54, 1.807) is 0 Å². The van der Waals surface area contributed by atoms with Crippen LogP contribution >= 0.6 is 0 Å². The van der Waals surface area contributed by atoms with Crippen molar-refractivity contribution in [2.45, 2.75) is 90.9 Å². The van der Waals surface area contributed by atoms with Gasteiger partial charge in [0.2, 0.25) is 0 Å². The van der Waals surface area contributed by atoms with Crippen LogP contribution in [0.4, 0.5) is 83.4 Å². The number of halogens is 20. The summed E-state index contributed by atoms with van der Waals surface area (Å²) in [4.78, 5) is 0. The number of alkyl halides is 19. The van der Waals surface area contributed by atoms with E-state index in [2.05, 4.69) is 5.73 Å². The van der Waals surface area contributed by atoms with E-state index in [0.29, 0.717) is 0 Å². The van der Waals surface area contributed by atoms with Gasteiger partial charge in [0, 0.05) is 38.9 Å². The molecule has 0 aromatic heterocycles. The van der Waals surface area contributed by atoms with Crippen molar-refractivity contribution in [2.24, 2.45) is 0 Å². The summed E-state index contributed by atoms with van der Waals surface area (Å²) in [6, 6.07) is 0. The number of aliphatic hydroxyl groups is 3. The Kier molecular flexibility index (Phi) is 12.7. The molecule has 0 aromatic carbocycles. The minimum Gasteiger partial charge on any atom is -1.00 e. The first-order valence-corrected chi connectivity index (χ1v) is 10.1. The Morgan fingerprint density at radius 3 is 1.07 bits per heavy atom. The highest BCUT2D eigenvalue weighted by molar-refractivity contribution is 5.19. The van der Waals surface area contributed by atoms with Gasteiger partial charge in [-0.1, -0.05) is 0 Å². The van der Waals surface area contributed by atoms with Gasteiger partial charge in [0.1, 0.15) is 5.54 Å². The van der Waals surface area contributed by atoms with Gasteiger partial charge in [0.25, 0.3) is 0 Å². The molecular formula is C17H19F19INO3. The van der Waals surface area contributed by atoms with Crippen molar-refractivity contribution in [3.05, 3.63) is 0 Å². The Hall–Kier alpha value is -0.760. The molecule has 1 unspecified atom stereocenters. The second kappa shape index (κ2) is 12.3. The molecule has 0 saturated heterocycles. The van der Waals surface area contributed by atoms with Gasteiger partial charge in [-0.3, -0.25) is 0 Å². The normalized spacial score (nSPS) is 16.5. The summed E-state index contributed by atoms with van der Waals surface area (Å²) in [5.74, 6) is -50.8. The summed E-state index contributed by atoms with van der Waals surface area (Å²) < 4.78 is 254. The highest BCUT2D eigenvalue weighted by atomic mass is 127. The fourth-order valence-electron chi connectivity index (χ4n) is 3.35. The minimum absolute atomic E-state index is 0. The fraction of sp³-hybridized carbons (Fsp3) is 1.00. The molecule has 0 heterocycles. The average Bonchev–Trinajstić information content (AvgIpc) is 2.70. The van der Waals surface area contributed by atoms with E-state index in [9.17, 15) is 88.5 Å². The maximum Gasteiger partial charge on any atom is 0.438 e. The quantitative estimate of drug-likeness (QED) is 0.160. The zero-order valence-corrected chi connectivity index (χ0v) is 21.6. The molecule has 0 aliphatic rings. The molecule has 24 heteroatoms. The lowest BCUT2D eigenvalue weighted by atomic mass is 9.82. The molecule has 41 heavy (non-hydrogen) atoms. The number of quaternary nitrogens is 1. The third-order valence-corrected chi connectivity index (χ3v) is 5.70. The average molecular weight is 773 g/mol. The van der Waals surface area contributed by atoms with Crippen LogP contribution < -0.4 is 29.7 Å². The molecule has 0 radical (unpaired) electrons. The van der Waals surface area contributed by atoms with E-state index in [0.717, 1.165) is 0 Å². The molecule has 4 nitrogen and oxygen atoms in total. The van der Waals surface area contributed by atoms with Gasteiger partial charge in [-0.25, -0.2) is 4.39 Å². The summed E-state index contributed by atoms with van der Waals surface area (Å²) in [5.41, 5.74) is -7.50. The van der Waals surface area contributed by atoms with Crippen molar-refractivity contribution < 1.29 is 128 Å². The van der Waals surface area contributed by atoms with Crippen molar-refractivity contribution in [3.8, 4) is 0 Å². The number of hydrogen-bond acceptors (Lipinski definition) is 3. The molecule has 0 rings (SSSR count). The predicted molar refractivity (Wildman–Crippen MR) is 89.9 cm³/mol. The van der Waals surface area contributed by atoms with Crippen LogP contribution in [0.15, 0.2) is 0 Å². The monoisotopic (exact) mass is 773 g/mol. The first-order chi connectivity index (χ1) is 17.2. The van der Waals surface area contributed by atoms with Crippen LogP contribution in [-0.4, -0.2) is 93.7 Å². The number of rotatable bonds is 14. The van der Waals surface area contributed by atoms with Gasteiger partial charge in [0.05, 0.1) is 6.10 Å². The molecule has 0 aliphatic carbocycles. The lowest BCUT2D eigenvalue weighted by Gasteiger charge is -2.45. The van der Waals surface area contributed by atoms with Crippen molar-refractivity contribution in [3.63, 3.8) is 0 Å². The van der Waals surface area contributed by atoms with Crippen LogP contribution in [-0.2, 0) is 0 Å². The summed E-state index contributed by atoms with van der Waals surface area (Å²) in [5, 5.41) is 27.3. The maximum atomic E-state index is 14.0. The molecule has 250 valence electrons. The fourth-order valence-corrected chi connectivity index (χ4v) is 3.35. The molecule has 0 spiro atoms. The Morgan fingerprint density at radius 2 is 0.780 bits per heavy atom. The Labute approximate surface area is 233 Å². The van der Waals surface area contributed by atoms with Crippen LogP contribution in [0.3, 0.4) is 0 Å². The highest BCUT2D eigenvalue weighted by Crippen LogP contribution is 2.66. The van der Waals surface area contributed by atoms with Crippen LogP contribution in [0.5, 0.6) is 0 Å². The van der Waals surface area contributed by atoms with Crippen LogP contribution in [0.1, 0.15) is 25.7 Å². The summed E-state index contributed by atoms with van der Waals surface area (Å²) in [6.45, 7) is -1.77. The van der Waals surface area contributed by atoms with Crippen molar-refractivity contribution in [1.29, 1.82) is 0 Å². The Morgan fingerprint density at radius 1 is 0.488 bits per heavy atom. The Bertz CT molecular complexity index is 841. The van der Waals surface area contributed by atoms with Crippen LogP contribution in [0, 0.1) is 0 Å². The summed E-state index contributed by atoms with van der Waals surface area (Å²) in [7, 11) is 0. The van der Waals surface area contributed by atoms with Gasteiger partial charge < -0.3 is 45.0 Å². The molecule has 0 aliphatic heterocycles. The van der Waals surface area contributed by atoms with Gasteiger partial charge >= 0.3 is 53.6 Å². The summed E-state index contributed by atoms with van der Waals surface area (Å²) >= 11 is 0. The van der Waals surface area contributed by atoms with Crippen molar-refractivity contribution in [1.82, 2.24) is 0 Å². The maximum absolute atomic E-state index is 14.0. The lowest BCUT2D eigenvalue weighted by molar-refractivity contribution is -0.488. The number of aliphatic hydroxyl groups excluding tert-OH is 3. The highest BCUT2D eigenvalue weighted by Gasteiger charge is 2.98. The molecule has 0 amide bonds. The molecule has 0 bridgehead atoms. The third kappa shape index (κ3) is 6.83. The topological polar surface area (TPSA) is 88.3 Å². The van der Waals surface area contributed by atoms with E-state index in [-0.39, 0.29) is 24.0 Å². The summed E-state index contributed by atoms with van der Waals surface area (Å²) in [6.07, 6.45) is -25.4. The largest absolute Gasteiger partial charge is 1.00 e. The van der Waals surface area contributed by atoms with Gasteiger partial charge in [-0.05, 0) is 0 Å². The van der Waals surface area contributed by atoms with Crippen molar-refractivity contribution >= 4 is 0 Å². The second-order valence-corrected chi connectivity index (χ2v) is 8.74. The molecule has 6 N–H and O–H groups in total. The molecule has 1 atom stereocenters. The van der Waals surface area contributed by atoms with E-state index in [1.807, 2.05) is 0 Å². The SMILES string of the molecule is [I-].[NH3+]C(CCO)(CCO)CC(O)CC(F)(F)C(F)(F)C(F)(F)C(F)(F)C(F)(F)C(F)(F)C(F)(C(F)(F)F)C(F)(F)F. The number of hydrogen-bond donors (Lipinski definition) is 4. The van der Waals surface area contributed by atoms with Gasteiger partial charge in [-0.2, -0.15) is 79.0 Å². The van der Waals surface area contributed by atoms with Crippen LogP contribution in [0.25, 0.3) is 0 Å². The molecule has 0 fully saturated rings. The Balaban J connectivity index is 0. The van der Waals surface area contributed by atoms with E-state index < -0.39 is 104 Å². The molecule has 0 saturated carbocycles. The van der Waals surface area contributed by atoms with Crippen molar-refractivity contribution in [2.75, 3.05) is 13.2 Å². The van der Waals surface area contributed by atoms with E-state index >= 15 is 0 Å². The predicted octanol–water partition coefficient (Wildman–Crippen LogP) is 1.52. The second-order valence-electron chi connectivity index (χ2n) is 8.74. The zero-order valence-electron chi connectivity index (χ0n) is 19.4. The lowest BCUT2D eigenvalue weighted by Crippen LogP contribution is -3.00. The van der Waals surface area contributed by atoms with Crippen LogP contribution in [0.2, 0.25) is 0 Å².